The molecule has 3 nitrogen and oxygen atoms in total. The zero-order chi connectivity index (χ0) is 11.1. The highest BCUT2D eigenvalue weighted by atomic mass is 19.1. The molecule has 0 heterocycles. The molecule has 0 aromatic heterocycles. The Bertz CT molecular complexity index is 379. The van der Waals surface area contributed by atoms with Gasteiger partial charge in [-0.15, -0.1) is 0 Å². The minimum absolute atomic E-state index is 0.129. The van der Waals surface area contributed by atoms with Crippen LogP contribution in [0.3, 0.4) is 0 Å². The number of nitrogens with two attached hydrogens (primary N) is 1. The quantitative estimate of drug-likeness (QED) is 0.768. The zero-order valence-electron chi connectivity index (χ0n) is 8.11. The van der Waals surface area contributed by atoms with Crippen molar-refractivity contribution in [2.24, 2.45) is 5.73 Å². The first-order chi connectivity index (χ1) is 7.30. The summed E-state index contributed by atoms with van der Waals surface area (Å²) < 4.78 is 17.4. The number of nitrogens with zero attached hydrogens (tertiary/aromatic N) is 1. The predicted octanol–water partition coefficient (Wildman–Crippen LogP) is 2.43. The summed E-state index contributed by atoms with van der Waals surface area (Å²) in [5, 5.41) is 0. The van der Waals surface area contributed by atoms with Crippen molar-refractivity contribution in [3.63, 3.8) is 0 Å². The molecule has 1 aromatic rings. The fourth-order valence-corrected chi connectivity index (χ4v) is 0.928. The molecule has 0 saturated carbocycles. The van der Waals surface area contributed by atoms with Gasteiger partial charge in [-0.25, -0.2) is 9.24 Å². The Kier molecular flexibility index (Phi) is 4.32. The molecule has 15 heavy (non-hydrogen) atoms. The van der Waals surface area contributed by atoms with Crippen LogP contribution in [-0.4, -0.2) is 13.2 Å². The summed E-state index contributed by atoms with van der Waals surface area (Å²) in [6.45, 7) is 7.02. The molecule has 0 fully saturated rings. The van der Waals surface area contributed by atoms with E-state index in [1.165, 1.54) is 0 Å². The number of hydrogen-bond donors (Lipinski definition) is 1. The van der Waals surface area contributed by atoms with Gasteiger partial charge in [-0.05, 0) is 12.1 Å². The Morgan fingerprint density at radius 2 is 2.13 bits per heavy atom. The van der Waals surface area contributed by atoms with Gasteiger partial charge in [0.05, 0.1) is 12.9 Å². The molecule has 0 bridgehead atoms. The van der Waals surface area contributed by atoms with Crippen LogP contribution in [0.2, 0.25) is 0 Å². The van der Waals surface area contributed by atoms with E-state index in [2.05, 4.69) is 4.85 Å². The van der Waals surface area contributed by atoms with E-state index in [9.17, 15) is 4.39 Å². The highest BCUT2D eigenvalue weighted by Crippen LogP contribution is 2.18. The van der Waals surface area contributed by atoms with Crippen molar-refractivity contribution in [1.29, 1.82) is 0 Å². The second-order valence-corrected chi connectivity index (χ2v) is 2.87. The van der Waals surface area contributed by atoms with E-state index in [1.807, 2.05) is 0 Å². The molecule has 0 radical (unpaired) electrons. The first kappa shape index (κ1) is 11.2. The maximum absolute atomic E-state index is 12.1. The van der Waals surface area contributed by atoms with Gasteiger partial charge in [0.2, 0.25) is 0 Å². The van der Waals surface area contributed by atoms with E-state index < -0.39 is 0 Å². The van der Waals surface area contributed by atoms with Crippen LogP contribution in [0.4, 0.5) is 10.1 Å². The minimum Gasteiger partial charge on any atom is -0.489 e. The second kappa shape index (κ2) is 5.78. The van der Waals surface area contributed by atoms with E-state index >= 15 is 0 Å². The lowest BCUT2D eigenvalue weighted by molar-refractivity contribution is 0.347. The smallest absolute Gasteiger partial charge is 0.187 e. The van der Waals surface area contributed by atoms with Gasteiger partial charge in [0.25, 0.3) is 0 Å². The maximum atomic E-state index is 12.1. The molecular weight excluding hydrogens is 195 g/mol. The third-order valence-electron chi connectivity index (χ3n) is 1.81. The van der Waals surface area contributed by atoms with Crippen molar-refractivity contribution in [3.05, 3.63) is 47.6 Å². The van der Waals surface area contributed by atoms with E-state index in [4.69, 9.17) is 17.0 Å². The second-order valence-electron chi connectivity index (χ2n) is 2.87. The first-order valence-corrected chi connectivity index (χ1v) is 4.38. The molecule has 0 aliphatic heterocycles. The molecule has 0 aliphatic rings. The topological polar surface area (TPSA) is 39.6 Å². The summed E-state index contributed by atoms with van der Waals surface area (Å²) in [5.41, 5.74) is 6.20. The number of hydrogen-bond acceptors (Lipinski definition) is 2. The number of rotatable bonds is 4. The van der Waals surface area contributed by atoms with Crippen LogP contribution in [0, 0.1) is 6.57 Å². The van der Waals surface area contributed by atoms with E-state index in [0.29, 0.717) is 23.3 Å². The molecule has 1 rings (SSSR count). The maximum Gasteiger partial charge on any atom is 0.187 e. The van der Waals surface area contributed by atoms with Gasteiger partial charge in [0.1, 0.15) is 12.4 Å². The number of benzene rings is 1. The Morgan fingerprint density at radius 3 is 2.60 bits per heavy atom. The normalized spacial score (nSPS) is 10.9. The van der Waals surface area contributed by atoms with Gasteiger partial charge < -0.3 is 10.5 Å². The fraction of sp³-hybridized carbons (Fsp3) is 0.182. The van der Waals surface area contributed by atoms with Gasteiger partial charge >= 0.3 is 0 Å². The molecule has 0 unspecified atom stereocenters. The average Bonchev–Trinajstić information content (AvgIpc) is 2.31. The lowest BCUT2D eigenvalue weighted by Gasteiger charge is -2.06. The lowest BCUT2D eigenvalue weighted by atomic mass is 10.3. The highest BCUT2D eigenvalue weighted by Gasteiger charge is 1.98. The van der Waals surface area contributed by atoms with Crippen molar-refractivity contribution in [2.75, 3.05) is 13.2 Å². The Labute approximate surface area is 87.8 Å². The third kappa shape index (κ3) is 3.41. The van der Waals surface area contributed by atoms with Crippen LogP contribution in [0.15, 0.2) is 36.2 Å². The predicted molar refractivity (Wildman–Crippen MR) is 56.4 cm³/mol. The van der Waals surface area contributed by atoms with Gasteiger partial charge in [-0.3, -0.25) is 0 Å². The van der Waals surface area contributed by atoms with E-state index in [1.54, 1.807) is 24.3 Å². The number of ether oxygens (including phenoxy) is 1. The Balaban J connectivity index is 2.55. The summed E-state index contributed by atoms with van der Waals surface area (Å²) in [7, 11) is 0. The molecule has 0 atom stereocenters. The van der Waals surface area contributed by atoms with Crippen molar-refractivity contribution in [1.82, 2.24) is 0 Å². The summed E-state index contributed by atoms with van der Waals surface area (Å²) >= 11 is 0. The monoisotopic (exact) mass is 206 g/mol. The zero-order valence-corrected chi connectivity index (χ0v) is 8.11. The largest absolute Gasteiger partial charge is 0.489 e. The molecule has 2 N–H and O–H groups in total. The van der Waals surface area contributed by atoms with Crippen molar-refractivity contribution in [2.45, 2.75) is 0 Å². The van der Waals surface area contributed by atoms with Crippen LogP contribution in [0.1, 0.15) is 0 Å². The summed E-state index contributed by atoms with van der Waals surface area (Å²) in [4.78, 5) is 3.24. The van der Waals surface area contributed by atoms with Crippen LogP contribution >= 0.6 is 0 Å². The molecule has 0 saturated heterocycles. The van der Waals surface area contributed by atoms with Gasteiger partial charge in [0, 0.05) is 12.1 Å². The van der Waals surface area contributed by atoms with Crippen LogP contribution < -0.4 is 10.5 Å². The van der Waals surface area contributed by atoms with Crippen LogP contribution in [0.25, 0.3) is 4.85 Å². The number of halogens is 1. The molecular formula is C11H11FN2O. The van der Waals surface area contributed by atoms with Crippen molar-refractivity contribution < 1.29 is 9.13 Å². The van der Waals surface area contributed by atoms with Crippen LogP contribution in [-0.2, 0) is 0 Å². The van der Waals surface area contributed by atoms with E-state index in [0.717, 1.165) is 0 Å². The molecule has 0 amide bonds. The SMILES string of the molecule is [C-]#[N+]c1ccc(OC/C(=C\F)CN)cc1. The Morgan fingerprint density at radius 1 is 1.47 bits per heavy atom. The summed E-state index contributed by atoms with van der Waals surface area (Å²) in [6.07, 6.45) is 0.452. The standard InChI is InChI=1S/C11H11FN2O/c1-14-10-2-4-11(5-3-10)15-8-9(6-12)7-13/h2-6H,7-8,13H2/b9-6-. The highest BCUT2D eigenvalue weighted by molar-refractivity contribution is 5.47. The van der Waals surface area contributed by atoms with Crippen molar-refractivity contribution >= 4 is 5.69 Å². The van der Waals surface area contributed by atoms with Gasteiger partial charge in [0.15, 0.2) is 5.69 Å². The Hall–Kier alpha value is -1.86. The molecule has 1 aromatic carbocycles. The summed E-state index contributed by atoms with van der Waals surface area (Å²) in [5.74, 6) is 0.593. The van der Waals surface area contributed by atoms with Crippen molar-refractivity contribution in [3.8, 4) is 5.75 Å². The molecule has 0 aliphatic carbocycles. The van der Waals surface area contributed by atoms with Gasteiger partial charge in [-0.2, -0.15) is 0 Å². The lowest BCUT2D eigenvalue weighted by Crippen LogP contribution is -2.10. The third-order valence-corrected chi connectivity index (χ3v) is 1.81. The first-order valence-electron chi connectivity index (χ1n) is 4.38. The van der Waals surface area contributed by atoms with Gasteiger partial charge in [-0.1, -0.05) is 12.1 Å². The summed E-state index contributed by atoms with van der Waals surface area (Å²) in [6, 6.07) is 6.62. The molecule has 4 heteroatoms. The molecule has 0 spiro atoms. The average molecular weight is 206 g/mol. The molecule has 78 valence electrons. The minimum atomic E-state index is 0.129. The van der Waals surface area contributed by atoms with E-state index in [-0.39, 0.29) is 13.2 Å². The van der Waals surface area contributed by atoms with Crippen LogP contribution in [0.5, 0.6) is 5.75 Å². The fourth-order valence-electron chi connectivity index (χ4n) is 0.928.